The average Bonchev–Trinajstić information content (AvgIpc) is 3.48. The topological polar surface area (TPSA) is 96.9 Å². The van der Waals surface area contributed by atoms with Gasteiger partial charge in [0, 0.05) is 44.6 Å². The van der Waals surface area contributed by atoms with Gasteiger partial charge in [0.2, 0.25) is 0 Å². The normalized spacial score (nSPS) is 16.4. The molecule has 10 heteroatoms. The van der Waals surface area contributed by atoms with Gasteiger partial charge in [-0.05, 0) is 29.8 Å². The van der Waals surface area contributed by atoms with Gasteiger partial charge in [-0.2, -0.15) is 5.10 Å². The zero-order chi connectivity index (χ0) is 21.6. The van der Waals surface area contributed by atoms with Gasteiger partial charge in [0.25, 0.3) is 5.91 Å². The summed E-state index contributed by atoms with van der Waals surface area (Å²) in [5.41, 5.74) is 2.85. The van der Waals surface area contributed by atoms with Crippen molar-refractivity contribution in [2.45, 2.75) is 12.6 Å². The minimum absolute atomic E-state index is 0. The minimum Gasteiger partial charge on any atom is -0.459 e. The largest absolute Gasteiger partial charge is 0.459 e. The van der Waals surface area contributed by atoms with Gasteiger partial charge in [0.1, 0.15) is 6.10 Å². The number of carbonyl (C=O) groups excluding carboxylic acids is 1. The summed E-state index contributed by atoms with van der Waals surface area (Å²) >= 11 is 0. The van der Waals surface area contributed by atoms with Crippen molar-refractivity contribution in [3.05, 3.63) is 71.9 Å². The summed E-state index contributed by atoms with van der Waals surface area (Å²) in [4.78, 5) is 18.7. The van der Waals surface area contributed by atoms with Gasteiger partial charge in [-0.15, -0.1) is 24.0 Å². The lowest BCUT2D eigenvalue weighted by molar-refractivity contribution is -0.00805. The third-order valence-corrected chi connectivity index (χ3v) is 5.08. The van der Waals surface area contributed by atoms with Gasteiger partial charge in [0.15, 0.2) is 11.7 Å². The number of amides is 1. The summed E-state index contributed by atoms with van der Waals surface area (Å²) in [5.74, 6) is 0.837. The fourth-order valence-corrected chi connectivity index (χ4v) is 3.47. The van der Waals surface area contributed by atoms with Crippen molar-refractivity contribution in [3.63, 3.8) is 0 Å². The summed E-state index contributed by atoms with van der Waals surface area (Å²) in [6.45, 7) is 2.73. The molecule has 1 aromatic carbocycles. The molecule has 1 aliphatic heterocycles. The molecular weight excluding hydrogens is 523 g/mol. The first-order valence-corrected chi connectivity index (χ1v) is 10.1. The van der Waals surface area contributed by atoms with E-state index in [9.17, 15) is 4.79 Å². The number of anilines is 1. The van der Waals surface area contributed by atoms with Gasteiger partial charge in [-0.3, -0.25) is 14.5 Å². The first-order valence-electron chi connectivity index (χ1n) is 10.1. The Morgan fingerprint density at radius 3 is 2.75 bits per heavy atom. The number of carbonyl (C=O) groups is 1. The molecule has 2 N–H and O–H groups in total. The van der Waals surface area contributed by atoms with Gasteiger partial charge < -0.3 is 24.7 Å². The molecular formula is C22H27IN6O3. The molecule has 0 spiro atoms. The molecule has 4 rings (SSSR count). The molecule has 1 unspecified atom stereocenters. The van der Waals surface area contributed by atoms with E-state index in [1.807, 2.05) is 43.7 Å². The molecule has 3 aromatic rings. The summed E-state index contributed by atoms with van der Waals surface area (Å²) in [6.07, 6.45) is 5.27. The van der Waals surface area contributed by atoms with Crippen molar-refractivity contribution in [3.8, 4) is 0 Å². The molecule has 1 aliphatic rings. The number of rotatable bonds is 5. The highest BCUT2D eigenvalue weighted by Crippen LogP contribution is 2.21. The number of guanidine groups is 1. The molecule has 1 amide bonds. The van der Waals surface area contributed by atoms with E-state index in [1.165, 1.54) is 6.26 Å². The molecule has 0 aliphatic carbocycles. The quantitative estimate of drug-likeness (QED) is 0.288. The van der Waals surface area contributed by atoms with Gasteiger partial charge in [-0.1, -0.05) is 12.1 Å². The van der Waals surface area contributed by atoms with Crippen LogP contribution in [0.15, 0.2) is 64.5 Å². The lowest BCUT2D eigenvalue weighted by atomic mass is 10.1. The van der Waals surface area contributed by atoms with Crippen molar-refractivity contribution in [1.29, 1.82) is 0 Å². The van der Waals surface area contributed by atoms with Gasteiger partial charge in [-0.25, -0.2) is 0 Å². The summed E-state index contributed by atoms with van der Waals surface area (Å²) < 4.78 is 12.8. The minimum atomic E-state index is -0.272. The molecule has 1 atom stereocenters. The second-order valence-corrected chi connectivity index (χ2v) is 7.28. The maximum absolute atomic E-state index is 12.1. The number of furan rings is 1. The Morgan fingerprint density at radius 2 is 2.09 bits per heavy atom. The number of benzene rings is 1. The molecule has 0 bridgehead atoms. The number of nitrogens with one attached hydrogen (secondary N) is 2. The Bertz CT molecular complexity index is 1030. The third-order valence-electron chi connectivity index (χ3n) is 5.08. The molecule has 2 aromatic heterocycles. The molecule has 1 fully saturated rings. The van der Waals surface area contributed by atoms with E-state index in [4.69, 9.17) is 9.15 Å². The van der Waals surface area contributed by atoms with Crippen LogP contribution in [0.5, 0.6) is 0 Å². The fraction of sp³-hybridized carbons (Fsp3) is 0.318. The number of aliphatic imine (C=N–C) groups is 1. The van der Waals surface area contributed by atoms with Crippen LogP contribution in [0.3, 0.4) is 0 Å². The monoisotopic (exact) mass is 550 g/mol. The molecule has 0 saturated carbocycles. The van der Waals surface area contributed by atoms with Crippen LogP contribution in [0.2, 0.25) is 0 Å². The molecule has 0 radical (unpaired) electrons. The van der Waals surface area contributed by atoms with E-state index in [-0.39, 0.29) is 41.7 Å². The maximum Gasteiger partial charge on any atom is 0.291 e. The summed E-state index contributed by atoms with van der Waals surface area (Å²) in [6, 6.07) is 11.0. The highest BCUT2D eigenvalue weighted by atomic mass is 127. The van der Waals surface area contributed by atoms with Gasteiger partial charge in [0.05, 0.1) is 25.6 Å². The lowest BCUT2D eigenvalue weighted by Crippen LogP contribution is -2.47. The SMILES string of the molecule is CN=C(NCc1ccc(NC(=O)c2ccco2)cc1)N1CCOC(c2cnn(C)c2)C1.I. The smallest absolute Gasteiger partial charge is 0.291 e. The predicted octanol–water partition coefficient (Wildman–Crippen LogP) is 3.03. The Labute approximate surface area is 203 Å². The van der Waals surface area contributed by atoms with Crippen molar-refractivity contribution in [2.24, 2.45) is 12.0 Å². The number of aryl methyl sites for hydroxylation is 1. The van der Waals surface area contributed by atoms with Crippen LogP contribution in [-0.2, 0) is 18.3 Å². The number of aromatic nitrogens is 2. The van der Waals surface area contributed by atoms with E-state index in [2.05, 4.69) is 25.6 Å². The standard InChI is InChI=1S/C22H26N6O3.HI/c1-23-22(28-9-11-31-20(15-28)17-13-25-27(2)14-17)24-12-16-5-7-18(8-6-16)26-21(29)19-4-3-10-30-19;/h3-8,10,13-14,20H,9,11-12,15H2,1-2H3,(H,23,24)(H,26,29);1H. The van der Waals surface area contributed by atoms with Crippen molar-refractivity contribution in [1.82, 2.24) is 20.0 Å². The van der Waals surface area contributed by atoms with E-state index < -0.39 is 0 Å². The number of morpholine rings is 1. The van der Waals surface area contributed by atoms with Crippen LogP contribution in [0, 0.1) is 0 Å². The van der Waals surface area contributed by atoms with Gasteiger partial charge >= 0.3 is 0 Å². The van der Waals surface area contributed by atoms with Crippen LogP contribution in [0.1, 0.15) is 27.8 Å². The molecule has 1 saturated heterocycles. The first kappa shape index (κ1) is 23.8. The van der Waals surface area contributed by atoms with Crippen molar-refractivity contribution < 1.29 is 13.9 Å². The Balaban J connectivity index is 0.00000289. The third kappa shape index (κ3) is 5.88. The predicted molar refractivity (Wildman–Crippen MR) is 132 cm³/mol. The Kier molecular flexibility index (Phi) is 8.28. The number of halogens is 1. The number of hydrogen-bond donors (Lipinski definition) is 2. The Morgan fingerprint density at radius 1 is 1.28 bits per heavy atom. The van der Waals surface area contributed by atoms with E-state index in [1.54, 1.807) is 23.9 Å². The fourth-order valence-electron chi connectivity index (χ4n) is 3.47. The van der Waals surface area contributed by atoms with E-state index >= 15 is 0 Å². The molecule has 32 heavy (non-hydrogen) atoms. The summed E-state index contributed by atoms with van der Waals surface area (Å²) in [5, 5.41) is 10.5. The second-order valence-electron chi connectivity index (χ2n) is 7.28. The highest BCUT2D eigenvalue weighted by molar-refractivity contribution is 14.0. The summed E-state index contributed by atoms with van der Waals surface area (Å²) in [7, 11) is 3.68. The molecule has 170 valence electrons. The van der Waals surface area contributed by atoms with Crippen molar-refractivity contribution >= 4 is 41.5 Å². The highest BCUT2D eigenvalue weighted by Gasteiger charge is 2.25. The van der Waals surface area contributed by atoms with Crippen LogP contribution in [0.25, 0.3) is 0 Å². The van der Waals surface area contributed by atoms with E-state index in [0.29, 0.717) is 25.4 Å². The van der Waals surface area contributed by atoms with Crippen molar-refractivity contribution in [2.75, 3.05) is 32.1 Å². The molecule has 3 heterocycles. The maximum atomic E-state index is 12.1. The van der Waals surface area contributed by atoms with E-state index in [0.717, 1.165) is 23.6 Å². The van der Waals surface area contributed by atoms with Crippen LogP contribution >= 0.6 is 24.0 Å². The van der Waals surface area contributed by atoms with Crippen LogP contribution in [0.4, 0.5) is 5.69 Å². The number of hydrogen-bond acceptors (Lipinski definition) is 5. The lowest BCUT2D eigenvalue weighted by Gasteiger charge is -2.34. The second kappa shape index (κ2) is 11.1. The first-order chi connectivity index (χ1) is 15.1. The molecule has 9 nitrogen and oxygen atoms in total. The zero-order valence-corrected chi connectivity index (χ0v) is 20.4. The van der Waals surface area contributed by atoms with Crippen LogP contribution in [-0.4, -0.2) is 53.3 Å². The zero-order valence-electron chi connectivity index (χ0n) is 18.0. The Hall–Kier alpha value is -2.86. The number of nitrogens with zero attached hydrogens (tertiary/aromatic N) is 4. The number of ether oxygens (including phenoxy) is 1. The van der Waals surface area contributed by atoms with Crippen LogP contribution < -0.4 is 10.6 Å². The average molecular weight is 550 g/mol.